The van der Waals surface area contributed by atoms with Crippen LogP contribution >= 0.6 is 12.4 Å². The predicted octanol–water partition coefficient (Wildman–Crippen LogP) is 0.329. The molecule has 2 heterocycles. The number of alkyl halides is 1. The van der Waals surface area contributed by atoms with Gasteiger partial charge in [0.05, 0.1) is 0 Å². The second-order valence-corrected chi connectivity index (χ2v) is 2.36. The molecule has 0 radical (unpaired) electrons. The van der Waals surface area contributed by atoms with Crippen molar-refractivity contribution in [2.45, 2.75) is 12.6 Å². The number of hydrogen-bond acceptors (Lipinski definition) is 2. The fourth-order valence-electron chi connectivity index (χ4n) is 0.430. The average molecular weight is 169 g/mol. The monoisotopic (exact) mass is 168 g/mol. The van der Waals surface area contributed by atoms with E-state index in [0.29, 0.717) is 13.1 Å². The first-order valence-corrected chi connectivity index (χ1v) is 3.45. The summed E-state index contributed by atoms with van der Waals surface area (Å²) in [6.07, 6.45) is 0.843. The van der Waals surface area contributed by atoms with Crippen LogP contribution in [0.15, 0.2) is 0 Å². The van der Waals surface area contributed by atoms with Gasteiger partial charge in [-0.1, -0.05) is 0 Å². The van der Waals surface area contributed by atoms with Crippen molar-refractivity contribution in [2.75, 3.05) is 26.2 Å². The van der Waals surface area contributed by atoms with Gasteiger partial charge in [0, 0.05) is 13.1 Å². The van der Waals surface area contributed by atoms with Crippen LogP contribution in [0.2, 0.25) is 0 Å². The number of rotatable bonds is 0. The van der Waals surface area contributed by atoms with Gasteiger partial charge < -0.3 is 10.6 Å². The maximum atomic E-state index is 11.5. The highest BCUT2D eigenvalue weighted by atomic mass is 35.5. The largest absolute Gasteiger partial charge is 0.317 e. The van der Waals surface area contributed by atoms with Crippen LogP contribution in [0.4, 0.5) is 4.39 Å². The quantitative estimate of drug-likeness (QED) is 0.545. The van der Waals surface area contributed by atoms with Crippen molar-refractivity contribution in [3.05, 3.63) is 0 Å². The third kappa shape index (κ3) is 4.04. The second kappa shape index (κ2) is 5.89. The molecule has 0 amide bonds. The molecule has 0 saturated carbocycles. The van der Waals surface area contributed by atoms with Crippen molar-refractivity contribution < 1.29 is 4.39 Å². The first kappa shape index (κ1) is 10.1. The summed E-state index contributed by atoms with van der Waals surface area (Å²) in [4.78, 5) is 0. The average Bonchev–Trinajstić information content (AvgIpc) is 1.56. The fourth-order valence-corrected chi connectivity index (χ4v) is 0.430. The molecule has 0 aromatic carbocycles. The Balaban J connectivity index is 0.000000150. The third-order valence-electron chi connectivity index (χ3n) is 1.44. The van der Waals surface area contributed by atoms with E-state index in [1.807, 2.05) is 0 Å². The molecule has 62 valence electrons. The van der Waals surface area contributed by atoms with Gasteiger partial charge >= 0.3 is 0 Å². The Bertz CT molecular complexity index is 70.1. The van der Waals surface area contributed by atoms with Crippen LogP contribution in [0.1, 0.15) is 6.42 Å². The molecule has 0 spiro atoms. The standard InChI is InChI=1S/C3H6FN.C3H7N.ClH/c4-3-1-5-2-3;1-2-4-3-1;/h3,5H,1-2H2;4H,1-3H2;1H. The lowest BCUT2D eigenvalue weighted by molar-refractivity contribution is 0.237. The lowest BCUT2D eigenvalue weighted by Crippen LogP contribution is -2.43. The summed E-state index contributed by atoms with van der Waals surface area (Å²) >= 11 is 0. The molecule has 0 bridgehead atoms. The van der Waals surface area contributed by atoms with E-state index >= 15 is 0 Å². The van der Waals surface area contributed by atoms with Crippen LogP contribution in [0.3, 0.4) is 0 Å². The van der Waals surface area contributed by atoms with Crippen molar-refractivity contribution >= 4 is 12.4 Å². The molecule has 0 aliphatic carbocycles. The molecule has 2 aliphatic rings. The molecule has 2 nitrogen and oxygen atoms in total. The van der Waals surface area contributed by atoms with E-state index in [1.54, 1.807) is 0 Å². The predicted molar refractivity (Wildman–Crippen MR) is 42.5 cm³/mol. The van der Waals surface area contributed by atoms with Crippen LogP contribution in [0.25, 0.3) is 0 Å². The third-order valence-corrected chi connectivity index (χ3v) is 1.44. The molecular formula is C6H14ClFN2. The summed E-state index contributed by atoms with van der Waals surface area (Å²) in [5.74, 6) is 0. The summed E-state index contributed by atoms with van der Waals surface area (Å²) in [5.41, 5.74) is 0. The molecule has 2 rings (SSSR count). The lowest BCUT2D eigenvalue weighted by Gasteiger charge is -2.17. The van der Waals surface area contributed by atoms with Crippen LogP contribution < -0.4 is 10.6 Å². The van der Waals surface area contributed by atoms with Crippen molar-refractivity contribution in [3.8, 4) is 0 Å². The minimum absolute atomic E-state index is 0. The molecule has 10 heavy (non-hydrogen) atoms. The number of halogens is 2. The van der Waals surface area contributed by atoms with Gasteiger partial charge in [0.1, 0.15) is 6.17 Å². The SMILES string of the molecule is C1CNC1.Cl.FC1CNC1. The summed E-state index contributed by atoms with van der Waals surface area (Å²) in [6, 6.07) is 0. The molecule has 2 saturated heterocycles. The Morgan fingerprint density at radius 1 is 1.10 bits per heavy atom. The van der Waals surface area contributed by atoms with Gasteiger partial charge in [0.2, 0.25) is 0 Å². The Hall–Kier alpha value is 0.140. The fraction of sp³-hybridized carbons (Fsp3) is 1.00. The normalized spacial score (nSPS) is 22.5. The highest BCUT2D eigenvalue weighted by Crippen LogP contribution is 1.93. The van der Waals surface area contributed by atoms with Crippen LogP contribution in [-0.4, -0.2) is 32.4 Å². The van der Waals surface area contributed by atoms with Crippen LogP contribution in [-0.2, 0) is 0 Å². The maximum Gasteiger partial charge on any atom is 0.125 e. The van der Waals surface area contributed by atoms with Crippen molar-refractivity contribution in [2.24, 2.45) is 0 Å². The smallest absolute Gasteiger partial charge is 0.125 e. The van der Waals surface area contributed by atoms with Crippen LogP contribution in [0.5, 0.6) is 0 Å². The van der Waals surface area contributed by atoms with Gasteiger partial charge in [-0.2, -0.15) is 0 Å². The maximum absolute atomic E-state index is 11.5. The topological polar surface area (TPSA) is 24.1 Å². The van der Waals surface area contributed by atoms with E-state index in [0.717, 1.165) is 0 Å². The van der Waals surface area contributed by atoms with Gasteiger partial charge in [-0.15, -0.1) is 12.4 Å². The highest BCUT2D eigenvalue weighted by Gasteiger charge is 2.12. The first-order chi connectivity index (χ1) is 4.39. The molecule has 0 aromatic rings. The number of nitrogens with one attached hydrogen (secondary N) is 2. The Kier molecular flexibility index (Phi) is 5.97. The minimum atomic E-state index is -0.546. The molecule has 2 aliphatic heterocycles. The Morgan fingerprint density at radius 3 is 1.40 bits per heavy atom. The van der Waals surface area contributed by atoms with Crippen LogP contribution in [0, 0.1) is 0 Å². The zero-order valence-electron chi connectivity index (χ0n) is 5.90. The molecule has 2 fully saturated rings. The van der Waals surface area contributed by atoms with Crippen molar-refractivity contribution in [1.29, 1.82) is 0 Å². The van der Waals surface area contributed by atoms with Gasteiger partial charge in [-0.05, 0) is 19.5 Å². The van der Waals surface area contributed by atoms with E-state index in [1.165, 1.54) is 19.5 Å². The summed E-state index contributed by atoms with van der Waals surface area (Å²) in [5, 5.41) is 5.90. The van der Waals surface area contributed by atoms with Gasteiger partial charge in [-0.25, -0.2) is 4.39 Å². The molecular weight excluding hydrogens is 155 g/mol. The summed E-state index contributed by atoms with van der Waals surface area (Å²) < 4.78 is 11.5. The van der Waals surface area contributed by atoms with Gasteiger partial charge in [0.25, 0.3) is 0 Å². The van der Waals surface area contributed by atoms with Gasteiger partial charge in [-0.3, -0.25) is 0 Å². The highest BCUT2D eigenvalue weighted by molar-refractivity contribution is 5.85. The summed E-state index contributed by atoms with van der Waals surface area (Å²) in [7, 11) is 0. The minimum Gasteiger partial charge on any atom is -0.317 e. The van der Waals surface area contributed by atoms with E-state index in [9.17, 15) is 4.39 Å². The second-order valence-electron chi connectivity index (χ2n) is 2.36. The van der Waals surface area contributed by atoms with E-state index in [2.05, 4.69) is 10.6 Å². The molecule has 0 unspecified atom stereocenters. The molecule has 4 heteroatoms. The van der Waals surface area contributed by atoms with E-state index in [4.69, 9.17) is 0 Å². The zero-order valence-corrected chi connectivity index (χ0v) is 6.72. The van der Waals surface area contributed by atoms with Gasteiger partial charge in [0.15, 0.2) is 0 Å². The van der Waals surface area contributed by atoms with Crippen molar-refractivity contribution in [1.82, 2.24) is 10.6 Å². The lowest BCUT2D eigenvalue weighted by atomic mass is 10.3. The molecule has 2 N–H and O–H groups in total. The van der Waals surface area contributed by atoms with E-state index < -0.39 is 6.17 Å². The zero-order chi connectivity index (χ0) is 6.53. The van der Waals surface area contributed by atoms with Crippen molar-refractivity contribution in [3.63, 3.8) is 0 Å². The first-order valence-electron chi connectivity index (χ1n) is 3.45. The number of hydrogen-bond donors (Lipinski definition) is 2. The Labute approximate surface area is 67.0 Å². The Morgan fingerprint density at radius 2 is 1.40 bits per heavy atom. The van der Waals surface area contributed by atoms with E-state index in [-0.39, 0.29) is 12.4 Å². The molecule has 0 atom stereocenters. The summed E-state index contributed by atoms with van der Waals surface area (Å²) in [6.45, 7) is 3.64. The molecule has 0 aromatic heterocycles.